The molecule has 7 heteroatoms. The number of fused-ring (bicyclic) bond motifs is 1. The number of benzene rings is 1. The Bertz CT molecular complexity index is 699. The molecule has 0 amide bonds. The van der Waals surface area contributed by atoms with Gasteiger partial charge in [-0.2, -0.15) is 13.2 Å². The predicted molar refractivity (Wildman–Crippen MR) is 69.5 cm³/mol. The number of halogens is 3. The lowest BCUT2D eigenvalue weighted by atomic mass is 10.1. The van der Waals surface area contributed by atoms with Crippen molar-refractivity contribution in [1.29, 1.82) is 0 Å². The summed E-state index contributed by atoms with van der Waals surface area (Å²) in [7, 11) is 0. The van der Waals surface area contributed by atoms with Gasteiger partial charge in [-0.25, -0.2) is 0 Å². The van der Waals surface area contributed by atoms with E-state index in [2.05, 4.69) is 10.3 Å². The third-order valence-electron chi connectivity index (χ3n) is 2.60. The van der Waals surface area contributed by atoms with Gasteiger partial charge in [0.05, 0.1) is 5.56 Å². The highest BCUT2D eigenvalue weighted by Gasteiger charge is 2.33. The van der Waals surface area contributed by atoms with Crippen LogP contribution < -0.4 is 10.9 Å². The fraction of sp³-hybridized carbons (Fsp3) is 0.308. The van der Waals surface area contributed by atoms with Crippen molar-refractivity contribution in [1.82, 2.24) is 4.98 Å². The third-order valence-corrected chi connectivity index (χ3v) is 2.60. The van der Waals surface area contributed by atoms with E-state index in [4.69, 9.17) is 0 Å². The van der Waals surface area contributed by atoms with Crippen molar-refractivity contribution in [2.45, 2.75) is 25.7 Å². The van der Waals surface area contributed by atoms with Crippen LogP contribution in [0.25, 0.3) is 10.9 Å². The first-order chi connectivity index (χ1) is 9.06. The van der Waals surface area contributed by atoms with E-state index in [9.17, 15) is 23.1 Å². The lowest BCUT2D eigenvalue weighted by molar-refractivity contribution is -0.136. The molecule has 0 fully saturated rings. The maximum atomic E-state index is 12.9. The maximum absolute atomic E-state index is 12.9. The van der Waals surface area contributed by atoms with Crippen LogP contribution in [0.3, 0.4) is 0 Å². The second-order valence-electron chi connectivity index (χ2n) is 4.99. The monoisotopic (exact) mass is 286 g/mol. The number of alkyl halides is 3. The van der Waals surface area contributed by atoms with Crippen LogP contribution in [0.1, 0.15) is 19.4 Å². The van der Waals surface area contributed by atoms with Crippen LogP contribution in [0.2, 0.25) is 0 Å². The highest BCUT2D eigenvalue weighted by atomic mass is 19.4. The molecule has 1 aromatic heterocycles. The van der Waals surface area contributed by atoms with Crippen molar-refractivity contribution in [3.05, 3.63) is 40.2 Å². The molecule has 0 atom stereocenters. The van der Waals surface area contributed by atoms with Crippen LogP contribution in [0.5, 0.6) is 0 Å². The van der Waals surface area contributed by atoms with Gasteiger partial charge in [-0.1, -0.05) is 0 Å². The molecule has 2 aromatic rings. The molecule has 20 heavy (non-hydrogen) atoms. The zero-order valence-electron chi connectivity index (χ0n) is 10.8. The van der Waals surface area contributed by atoms with E-state index in [0.29, 0.717) is 11.8 Å². The largest absolute Gasteiger partial charge is 0.417 e. The van der Waals surface area contributed by atoms with Crippen molar-refractivity contribution in [3.8, 4) is 0 Å². The molecule has 0 spiro atoms. The van der Waals surface area contributed by atoms with Gasteiger partial charge in [-0.05, 0) is 32.0 Å². The van der Waals surface area contributed by atoms with E-state index in [1.807, 2.05) is 0 Å². The fourth-order valence-electron chi connectivity index (χ4n) is 1.92. The van der Waals surface area contributed by atoms with Crippen LogP contribution in [-0.4, -0.2) is 15.8 Å². The molecule has 4 nitrogen and oxygen atoms in total. The number of anilines is 1. The van der Waals surface area contributed by atoms with Gasteiger partial charge in [0.25, 0.3) is 0 Å². The van der Waals surface area contributed by atoms with Gasteiger partial charge >= 0.3 is 6.18 Å². The first-order valence-corrected chi connectivity index (χ1v) is 5.81. The molecule has 108 valence electrons. The molecule has 2 rings (SSSR count). The average Bonchev–Trinajstić information content (AvgIpc) is 2.25. The summed E-state index contributed by atoms with van der Waals surface area (Å²) in [5.41, 5.74) is -2.67. The fourth-order valence-corrected chi connectivity index (χ4v) is 1.92. The van der Waals surface area contributed by atoms with E-state index >= 15 is 0 Å². The third kappa shape index (κ3) is 3.11. The van der Waals surface area contributed by atoms with E-state index in [1.165, 1.54) is 32.0 Å². The Hall–Kier alpha value is -2.02. The maximum Gasteiger partial charge on any atom is 0.417 e. The quantitative estimate of drug-likeness (QED) is 0.744. The number of hydrogen-bond donors (Lipinski definition) is 3. The van der Waals surface area contributed by atoms with E-state index in [0.717, 1.165) is 0 Å². The minimum absolute atomic E-state index is 0.0890. The zero-order chi connectivity index (χ0) is 15.1. The SMILES string of the molecule is CC(C)(O)Nc1ccc2[nH]c(=O)cc(C(F)(F)F)c2c1. The number of aromatic amines is 1. The molecule has 0 radical (unpaired) electrons. The Morgan fingerprint density at radius 3 is 2.40 bits per heavy atom. The smallest absolute Gasteiger partial charge is 0.372 e. The molecular weight excluding hydrogens is 273 g/mol. The van der Waals surface area contributed by atoms with Crippen LogP contribution in [-0.2, 0) is 6.18 Å². The second kappa shape index (κ2) is 4.52. The number of hydrogen-bond acceptors (Lipinski definition) is 3. The van der Waals surface area contributed by atoms with Crippen molar-refractivity contribution < 1.29 is 18.3 Å². The van der Waals surface area contributed by atoms with Gasteiger partial charge < -0.3 is 15.4 Å². The second-order valence-corrected chi connectivity index (χ2v) is 4.99. The highest BCUT2D eigenvalue weighted by molar-refractivity contribution is 5.86. The lowest BCUT2D eigenvalue weighted by Crippen LogP contribution is -2.29. The minimum Gasteiger partial charge on any atom is -0.372 e. The van der Waals surface area contributed by atoms with E-state index < -0.39 is 23.0 Å². The number of H-pyrrole nitrogens is 1. The van der Waals surface area contributed by atoms with Crippen LogP contribution in [0, 0.1) is 0 Å². The Morgan fingerprint density at radius 1 is 1.20 bits per heavy atom. The predicted octanol–water partition coefficient (Wildman–Crippen LogP) is 2.69. The number of rotatable bonds is 2. The minimum atomic E-state index is -4.63. The molecule has 0 aliphatic carbocycles. The van der Waals surface area contributed by atoms with Crippen LogP contribution >= 0.6 is 0 Å². The summed E-state index contributed by atoms with van der Waals surface area (Å²) >= 11 is 0. The first kappa shape index (κ1) is 14.4. The Morgan fingerprint density at radius 2 is 1.85 bits per heavy atom. The van der Waals surface area contributed by atoms with Gasteiger partial charge in [-0.15, -0.1) is 0 Å². The van der Waals surface area contributed by atoms with Gasteiger partial charge in [0.15, 0.2) is 0 Å². The molecule has 1 aromatic carbocycles. The lowest BCUT2D eigenvalue weighted by Gasteiger charge is -2.21. The molecule has 0 unspecified atom stereocenters. The summed E-state index contributed by atoms with van der Waals surface area (Å²) in [4.78, 5) is 13.6. The molecule has 0 aliphatic heterocycles. The average molecular weight is 286 g/mol. The molecular formula is C13H13F3N2O2. The van der Waals surface area contributed by atoms with Crippen LogP contribution in [0.4, 0.5) is 18.9 Å². The van der Waals surface area contributed by atoms with Crippen molar-refractivity contribution >= 4 is 16.6 Å². The summed E-state index contributed by atoms with van der Waals surface area (Å²) < 4.78 is 38.8. The number of pyridine rings is 1. The number of nitrogens with one attached hydrogen (secondary N) is 2. The number of aliphatic hydroxyl groups is 1. The van der Waals surface area contributed by atoms with Gasteiger partial charge in [-0.3, -0.25) is 4.79 Å². The molecule has 3 N–H and O–H groups in total. The van der Waals surface area contributed by atoms with Crippen molar-refractivity contribution in [3.63, 3.8) is 0 Å². The van der Waals surface area contributed by atoms with Gasteiger partial charge in [0, 0.05) is 22.7 Å². The molecule has 0 saturated heterocycles. The van der Waals surface area contributed by atoms with Crippen molar-refractivity contribution in [2.75, 3.05) is 5.32 Å². The Labute approximate surface area is 112 Å². The topological polar surface area (TPSA) is 65.1 Å². The zero-order valence-corrected chi connectivity index (χ0v) is 10.8. The summed E-state index contributed by atoms with van der Waals surface area (Å²) in [6.07, 6.45) is -4.63. The Kier molecular flexibility index (Phi) is 3.25. The standard InChI is InChI=1S/C13H13F3N2O2/c1-12(2,20)18-7-3-4-10-8(5-7)9(13(14,15)16)6-11(19)17-10/h3-6,18,20H,1-2H3,(H,17,19). The molecule has 1 heterocycles. The highest BCUT2D eigenvalue weighted by Crippen LogP contribution is 2.34. The first-order valence-electron chi connectivity index (χ1n) is 5.81. The summed E-state index contributed by atoms with van der Waals surface area (Å²) in [6, 6.07) is 4.61. The van der Waals surface area contributed by atoms with Gasteiger partial charge in [0.2, 0.25) is 5.56 Å². The molecule has 0 aliphatic rings. The molecule has 0 bridgehead atoms. The van der Waals surface area contributed by atoms with E-state index in [-0.39, 0.29) is 10.9 Å². The summed E-state index contributed by atoms with van der Waals surface area (Å²) in [6.45, 7) is 2.93. The van der Waals surface area contributed by atoms with Crippen LogP contribution in [0.15, 0.2) is 29.1 Å². The van der Waals surface area contributed by atoms with E-state index in [1.54, 1.807) is 0 Å². The Balaban J connectivity index is 2.67. The summed E-state index contributed by atoms with van der Waals surface area (Å²) in [5.74, 6) is 0. The van der Waals surface area contributed by atoms with Gasteiger partial charge in [0.1, 0.15) is 5.72 Å². The molecule has 0 saturated carbocycles. The summed E-state index contributed by atoms with van der Waals surface area (Å²) in [5, 5.41) is 12.2. The van der Waals surface area contributed by atoms with Crippen molar-refractivity contribution in [2.24, 2.45) is 0 Å². The number of aromatic nitrogens is 1. The normalized spacial score (nSPS) is 12.7.